The molecule has 12 heavy (non-hydrogen) atoms. The van der Waals surface area contributed by atoms with Crippen LogP contribution in [-0.2, 0) is 15.7 Å². The Morgan fingerprint density at radius 2 is 2.17 bits per heavy atom. The van der Waals surface area contributed by atoms with Crippen molar-refractivity contribution >= 4 is 16.7 Å². The van der Waals surface area contributed by atoms with Crippen LogP contribution in [0.5, 0.6) is 0 Å². The zero-order valence-electron chi connectivity index (χ0n) is 7.88. The van der Waals surface area contributed by atoms with Crippen molar-refractivity contribution in [2.75, 3.05) is 12.0 Å². The molecule has 0 aromatic rings. The molecule has 1 saturated heterocycles. The highest BCUT2D eigenvalue weighted by molar-refractivity contribution is 7.98. The largest absolute Gasteiger partial charge is 0.294 e. The standard InChI is InChI=1S/C10H17OS/c1-7-3-4-10-8(5-7)9(11)6-12(10)2/h7-8,10H,3-6H2,1-2H3/q+1. The maximum atomic E-state index is 11.6. The normalized spacial score (nSPS) is 47.7. The van der Waals surface area contributed by atoms with Crippen LogP contribution in [0.4, 0.5) is 0 Å². The van der Waals surface area contributed by atoms with Crippen molar-refractivity contribution < 1.29 is 4.79 Å². The van der Waals surface area contributed by atoms with E-state index >= 15 is 0 Å². The minimum absolute atomic E-state index is 0.416. The molecule has 0 N–H and O–H groups in total. The van der Waals surface area contributed by atoms with E-state index in [-0.39, 0.29) is 0 Å². The molecule has 1 aliphatic carbocycles. The first-order valence-electron chi connectivity index (χ1n) is 4.82. The maximum absolute atomic E-state index is 11.6. The van der Waals surface area contributed by atoms with E-state index in [0.717, 1.165) is 16.9 Å². The van der Waals surface area contributed by atoms with Gasteiger partial charge in [0.05, 0.1) is 12.2 Å². The molecule has 0 spiro atoms. The molecule has 4 atom stereocenters. The van der Waals surface area contributed by atoms with E-state index < -0.39 is 0 Å². The molecule has 0 bridgehead atoms. The van der Waals surface area contributed by atoms with Gasteiger partial charge in [-0.2, -0.15) is 0 Å². The Hall–Kier alpha value is 0.0200. The molecule has 2 heteroatoms. The molecule has 0 aromatic heterocycles. The first-order valence-corrected chi connectivity index (χ1v) is 6.69. The van der Waals surface area contributed by atoms with E-state index in [4.69, 9.17) is 0 Å². The van der Waals surface area contributed by atoms with E-state index in [1.807, 2.05) is 0 Å². The SMILES string of the molecule is CC1CCC2C(C1)C(=O)C[S+]2C. The number of fused-ring (bicyclic) bond motifs is 1. The Labute approximate surface area is 77.3 Å². The van der Waals surface area contributed by atoms with Crippen molar-refractivity contribution in [3.63, 3.8) is 0 Å². The van der Waals surface area contributed by atoms with Gasteiger partial charge in [0, 0.05) is 0 Å². The lowest BCUT2D eigenvalue weighted by Gasteiger charge is -2.25. The highest BCUT2D eigenvalue weighted by Crippen LogP contribution is 2.38. The highest BCUT2D eigenvalue weighted by Gasteiger charge is 2.49. The topological polar surface area (TPSA) is 17.1 Å². The van der Waals surface area contributed by atoms with Gasteiger partial charge in [0.15, 0.2) is 11.5 Å². The third kappa shape index (κ3) is 1.30. The molecule has 1 saturated carbocycles. The molecule has 2 aliphatic rings. The predicted octanol–water partition coefficient (Wildman–Crippen LogP) is 1.62. The second-order valence-electron chi connectivity index (χ2n) is 4.36. The van der Waals surface area contributed by atoms with Crippen LogP contribution in [0.2, 0.25) is 0 Å². The van der Waals surface area contributed by atoms with Gasteiger partial charge >= 0.3 is 0 Å². The number of carbonyl (C=O) groups is 1. The lowest BCUT2D eigenvalue weighted by Crippen LogP contribution is -2.30. The van der Waals surface area contributed by atoms with Crippen molar-refractivity contribution in [1.82, 2.24) is 0 Å². The molecule has 0 radical (unpaired) electrons. The van der Waals surface area contributed by atoms with Crippen molar-refractivity contribution in [2.24, 2.45) is 11.8 Å². The molecule has 2 fully saturated rings. The molecule has 1 heterocycles. The van der Waals surface area contributed by atoms with Gasteiger partial charge in [-0.3, -0.25) is 4.79 Å². The van der Waals surface area contributed by atoms with Crippen LogP contribution >= 0.6 is 0 Å². The van der Waals surface area contributed by atoms with Crippen molar-refractivity contribution in [3.8, 4) is 0 Å². The number of Topliss-reactive ketones (excluding diaryl/α,β-unsaturated/α-hetero) is 1. The third-order valence-electron chi connectivity index (χ3n) is 3.35. The van der Waals surface area contributed by atoms with E-state index in [0.29, 0.717) is 22.6 Å². The number of hydrogen-bond acceptors (Lipinski definition) is 1. The van der Waals surface area contributed by atoms with Crippen LogP contribution < -0.4 is 0 Å². The molecule has 1 aliphatic heterocycles. The zero-order chi connectivity index (χ0) is 8.72. The fourth-order valence-corrected chi connectivity index (χ4v) is 4.85. The fraction of sp³-hybridized carbons (Fsp3) is 0.900. The van der Waals surface area contributed by atoms with Crippen LogP contribution in [-0.4, -0.2) is 23.0 Å². The summed E-state index contributed by atoms with van der Waals surface area (Å²) in [5.74, 6) is 2.71. The molecular weight excluding hydrogens is 168 g/mol. The minimum atomic E-state index is 0.416. The molecule has 1 nitrogen and oxygen atoms in total. The first-order chi connectivity index (χ1) is 5.68. The molecule has 0 amide bonds. The number of rotatable bonds is 0. The average Bonchev–Trinajstić information content (AvgIpc) is 2.28. The van der Waals surface area contributed by atoms with Gasteiger partial charge in [-0.25, -0.2) is 0 Å². The van der Waals surface area contributed by atoms with Crippen LogP contribution in [0.25, 0.3) is 0 Å². The number of ketones is 1. The van der Waals surface area contributed by atoms with Crippen LogP contribution in [0.1, 0.15) is 26.2 Å². The fourth-order valence-electron chi connectivity index (χ4n) is 2.61. The maximum Gasteiger partial charge on any atom is 0.189 e. The summed E-state index contributed by atoms with van der Waals surface area (Å²) in [6.45, 7) is 2.29. The van der Waals surface area contributed by atoms with Crippen LogP contribution in [0, 0.1) is 11.8 Å². The van der Waals surface area contributed by atoms with Gasteiger partial charge in [-0.1, -0.05) is 6.92 Å². The Morgan fingerprint density at radius 1 is 1.42 bits per heavy atom. The first kappa shape index (κ1) is 8.61. The zero-order valence-corrected chi connectivity index (χ0v) is 8.69. The second kappa shape index (κ2) is 3.06. The number of carbonyl (C=O) groups excluding carboxylic acids is 1. The van der Waals surface area contributed by atoms with Crippen molar-refractivity contribution in [1.29, 1.82) is 0 Å². The van der Waals surface area contributed by atoms with Gasteiger partial charge in [0.25, 0.3) is 0 Å². The highest BCUT2D eigenvalue weighted by atomic mass is 32.2. The van der Waals surface area contributed by atoms with E-state index in [2.05, 4.69) is 13.2 Å². The minimum Gasteiger partial charge on any atom is -0.294 e. The smallest absolute Gasteiger partial charge is 0.189 e. The lowest BCUT2D eigenvalue weighted by molar-refractivity contribution is -0.120. The summed E-state index contributed by atoms with van der Waals surface area (Å²) < 4.78 is 0. The average molecular weight is 185 g/mol. The summed E-state index contributed by atoms with van der Waals surface area (Å²) in [6.07, 6.45) is 6.13. The van der Waals surface area contributed by atoms with Gasteiger partial charge < -0.3 is 0 Å². The summed E-state index contributed by atoms with van der Waals surface area (Å²) in [5, 5.41) is 0.772. The quantitative estimate of drug-likeness (QED) is 0.524. The molecule has 0 aromatic carbocycles. The third-order valence-corrected chi connectivity index (χ3v) is 5.69. The van der Waals surface area contributed by atoms with Crippen molar-refractivity contribution in [3.05, 3.63) is 0 Å². The molecule has 2 rings (SSSR count). The van der Waals surface area contributed by atoms with Gasteiger partial charge in [-0.05, 0) is 36.1 Å². The molecular formula is C10H17OS+. The van der Waals surface area contributed by atoms with Crippen LogP contribution in [0.15, 0.2) is 0 Å². The summed E-state index contributed by atoms with van der Waals surface area (Å²) in [4.78, 5) is 11.6. The monoisotopic (exact) mass is 185 g/mol. The summed E-state index contributed by atoms with van der Waals surface area (Å²) in [5.41, 5.74) is 0. The summed E-state index contributed by atoms with van der Waals surface area (Å²) in [6, 6.07) is 0. The second-order valence-corrected chi connectivity index (χ2v) is 6.64. The Kier molecular flexibility index (Phi) is 2.19. The van der Waals surface area contributed by atoms with E-state index in [1.54, 1.807) is 0 Å². The molecule has 68 valence electrons. The summed E-state index contributed by atoms with van der Waals surface area (Å²) >= 11 is 0. The van der Waals surface area contributed by atoms with Gasteiger partial charge in [0.1, 0.15) is 5.25 Å². The summed E-state index contributed by atoms with van der Waals surface area (Å²) in [7, 11) is 0.416. The van der Waals surface area contributed by atoms with E-state index in [1.165, 1.54) is 19.3 Å². The Morgan fingerprint density at radius 3 is 2.92 bits per heavy atom. The lowest BCUT2D eigenvalue weighted by atomic mass is 9.80. The number of hydrogen-bond donors (Lipinski definition) is 0. The Balaban J connectivity index is 2.12. The van der Waals surface area contributed by atoms with Crippen molar-refractivity contribution in [2.45, 2.75) is 31.4 Å². The molecule has 4 unspecified atom stereocenters. The van der Waals surface area contributed by atoms with Gasteiger partial charge in [-0.15, -0.1) is 0 Å². The van der Waals surface area contributed by atoms with E-state index in [9.17, 15) is 4.79 Å². The predicted molar refractivity (Wildman–Crippen MR) is 53.5 cm³/mol. The van der Waals surface area contributed by atoms with Crippen LogP contribution in [0.3, 0.4) is 0 Å². The Bertz CT molecular complexity index is 202. The van der Waals surface area contributed by atoms with Gasteiger partial charge in [0.2, 0.25) is 0 Å².